The van der Waals surface area contributed by atoms with Crippen molar-refractivity contribution in [3.05, 3.63) is 46.9 Å². The zero-order valence-electron chi connectivity index (χ0n) is 10.6. The van der Waals surface area contributed by atoms with Crippen molar-refractivity contribution >= 4 is 11.3 Å². The predicted molar refractivity (Wildman–Crippen MR) is 73.1 cm³/mol. The van der Waals surface area contributed by atoms with Gasteiger partial charge in [-0.05, 0) is 19.1 Å². The number of hydrogen-bond acceptors (Lipinski definition) is 5. The summed E-state index contributed by atoms with van der Waals surface area (Å²) in [6.07, 6.45) is 0. The van der Waals surface area contributed by atoms with Crippen LogP contribution in [0.15, 0.2) is 29.6 Å². The second-order valence-electron chi connectivity index (χ2n) is 4.21. The van der Waals surface area contributed by atoms with Crippen molar-refractivity contribution in [3.63, 3.8) is 0 Å². The van der Waals surface area contributed by atoms with E-state index in [0.717, 1.165) is 5.69 Å². The zero-order valence-corrected chi connectivity index (χ0v) is 11.4. The molecule has 102 valence electrons. The van der Waals surface area contributed by atoms with Gasteiger partial charge in [0.25, 0.3) is 0 Å². The monoisotopic (exact) mass is 290 g/mol. The molecule has 3 rings (SSSR count). The quantitative estimate of drug-likeness (QED) is 0.804. The maximum atomic E-state index is 14.0. The van der Waals surface area contributed by atoms with Crippen LogP contribution >= 0.6 is 11.3 Å². The molecule has 7 heteroatoms. The minimum atomic E-state index is -0.390. The molecule has 0 amide bonds. The molecule has 2 aromatic heterocycles. The van der Waals surface area contributed by atoms with Crippen LogP contribution in [0, 0.1) is 12.7 Å². The second kappa shape index (κ2) is 5.10. The molecule has 0 fully saturated rings. The smallest absolute Gasteiger partial charge is 0.212 e. The Hall–Kier alpha value is -2.12. The van der Waals surface area contributed by atoms with Crippen LogP contribution < -0.4 is 0 Å². The molecule has 0 spiro atoms. The van der Waals surface area contributed by atoms with Gasteiger partial charge in [0, 0.05) is 10.9 Å². The molecule has 5 nitrogen and oxygen atoms in total. The van der Waals surface area contributed by atoms with Gasteiger partial charge in [-0.15, -0.1) is 16.4 Å². The molecule has 20 heavy (non-hydrogen) atoms. The van der Waals surface area contributed by atoms with Crippen LogP contribution in [0.2, 0.25) is 0 Å². The van der Waals surface area contributed by atoms with Crippen LogP contribution in [0.4, 0.5) is 4.39 Å². The summed E-state index contributed by atoms with van der Waals surface area (Å²) >= 11 is 1.39. The SMILES string of the molecule is Cc1csc(-n2nnc(CO)c2-c2ccccc2F)n1. The van der Waals surface area contributed by atoms with Crippen LogP contribution in [0.1, 0.15) is 11.4 Å². The first-order valence-corrected chi connectivity index (χ1v) is 6.81. The van der Waals surface area contributed by atoms with Gasteiger partial charge in [0.2, 0.25) is 5.13 Å². The first kappa shape index (κ1) is 12.9. The summed E-state index contributed by atoms with van der Waals surface area (Å²) < 4.78 is 15.5. The Morgan fingerprint density at radius 1 is 1.35 bits per heavy atom. The van der Waals surface area contributed by atoms with Gasteiger partial charge < -0.3 is 5.11 Å². The number of thiazole rings is 1. The highest BCUT2D eigenvalue weighted by Gasteiger charge is 2.19. The fourth-order valence-corrected chi connectivity index (χ4v) is 2.67. The van der Waals surface area contributed by atoms with Crippen molar-refractivity contribution in [2.75, 3.05) is 0 Å². The number of aryl methyl sites for hydroxylation is 1. The number of halogens is 1. The summed E-state index contributed by atoms with van der Waals surface area (Å²) in [7, 11) is 0. The molecule has 0 saturated heterocycles. The molecule has 0 aliphatic carbocycles. The van der Waals surface area contributed by atoms with Crippen molar-refractivity contribution in [2.24, 2.45) is 0 Å². The lowest BCUT2D eigenvalue weighted by Crippen LogP contribution is -2.01. The van der Waals surface area contributed by atoms with Crippen LogP contribution in [0.5, 0.6) is 0 Å². The van der Waals surface area contributed by atoms with Gasteiger partial charge in [0.05, 0.1) is 12.3 Å². The van der Waals surface area contributed by atoms with Gasteiger partial charge in [-0.25, -0.2) is 9.37 Å². The highest BCUT2D eigenvalue weighted by atomic mass is 32.1. The normalized spacial score (nSPS) is 10.9. The second-order valence-corrected chi connectivity index (χ2v) is 5.04. The van der Waals surface area contributed by atoms with E-state index in [2.05, 4.69) is 15.3 Å². The topological polar surface area (TPSA) is 63.8 Å². The number of aliphatic hydroxyl groups is 1. The molecule has 0 aliphatic heterocycles. The van der Waals surface area contributed by atoms with Crippen molar-refractivity contribution in [1.29, 1.82) is 0 Å². The van der Waals surface area contributed by atoms with Crippen LogP contribution in [0.25, 0.3) is 16.4 Å². The minimum absolute atomic E-state index is 0.311. The maximum Gasteiger partial charge on any atom is 0.212 e. The molecule has 0 unspecified atom stereocenters. The lowest BCUT2D eigenvalue weighted by molar-refractivity contribution is 0.277. The zero-order chi connectivity index (χ0) is 14.1. The highest BCUT2D eigenvalue weighted by molar-refractivity contribution is 7.12. The van der Waals surface area contributed by atoms with Crippen molar-refractivity contribution < 1.29 is 9.50 Å². The molecular formula is C13H11FN4OS. The number of rotatable bonds is 3. The van der Waals surface area contributed by atoms with Crippen LogP contribution in [0.3, 0.4) is 0 Å². The summed E-state index contributed by atoms with van der Waals surface area (Å²) in [6, 6.07) is 6.33. The summed E-state index contributed by atoms with van der Waals surface area (Å²) in [5.74, 6) is -0.390. The molecule has 0 atom stereocenters. The first-order chi connectivity index (χ1) is 9.70. The Balaban J connectivity index is 2.23. The molecule has 1 aromatic carbocycles. The van der Waals surface area contributed by atoms with Gasteiger partial charge in [-0.3, -0.25) is 0 Å². The van der Waals surface area contributed by atoms with Gasteiger partial charge in [-0.2, -0.15) is 4.68 Å². The molecule has 0 radical (unpaired) electrons. The summed E-state index contributed by atoms with van der Waals surface area (Å²) in [5.41, 5.74) is 1.95. The third-order valence-electron chi connectivity index (χ3n) is 2.81. The number of aliphatic hydroxyl groups excluding tert-OH is 1. The number of nitrogens with zero attached hydrogens (tertiary/aromatic N) is 4. The number of hydrogen-bond donors (Lipinski definition) is 1. The van der Waals surface area contributed by atoms with E-state index in [-0.39, 0.29) is 12.4 Å². The lowest BCUT2D eigenvalue weighted by Gasteiger charge is -2.06. The average molecular weight is 290 g/mol. The largest absolute Gasteiger partial charge is 0.390 e. The Bertz CT molecular complexity index is 752. The maximum absolute atomic E-state index is 14.0. The van der Waals surface area contributed by atoms with Crippen molar-refractivity contribution in [3.8, 4) is 16.4 Å². The Morgan fingerprint density at radius 3 is 2.80 bits per heavy atom. The number of benzene rings is 1. The van der Waals surface area contributed by atoms with E-state index >= 15 is 0 Å². The summed E-state index contributed by atoms with van der Waals surface area (Å²) in [6.45, 7) is 1.56. The van der Waals surface area contributed by atoms with Gasteiger partial charge in [0.1, 0.15) is 17.2 Å². The van der Waals surface area contributed by atoms with E-state index in [4.69, 9.17) is 0 Å². The van der Waals surface area contributed by atoms with Gasteiger partial charge >= 0.3 is 0 Å². The third-order valence-corrected chi connectivity index (χ3v) is 3.74. The molecule has 0 aliphatic rings. The van der Waals surface area contributed by atoms with Gasteiger partial charge in [-0.1, -0.05) is 17.3 Å². The van der Waals surface area contributed by atoms with E-state index in [0.29, 0.717) is 22.1 Å². The van der Waals surface area contributed by atoms with Gasteiger partial charge in [0.15, 0.2) is 0 Å². The van der Waals surface area contributed by atoms with Crippen LogP contribution in [-0.4, -0.2) is 25.1 Å². The van der Waals surface area contributed by atoms with E-state index < -0.39 is 0 Å². The lowest BCUT2D eigenvalue weighted by atomic mass is 10.1. The molecule has 3 aromatic rings. The minimum Gasteiger partial charge on any atom is -0.390 e. The fraction of sp³-hybridized carbons (Fsp3) is 0.154. The Labute approximate surface area is 118 Å². The third kappa shape index (κ3) is 2.10. The molecule has 0 bridgehead atoms. The first-order valence-electron chi connectivity index (χ1n) is 5.93. The molecule has 2 heterocycles. The highest BCUT2D eigenvalue weighted by Crippen LogP contribution is 2.28. The fourth-order valence-electron chi connectivity index (χ4n) is 1.92. The van der Waals surface area contributed by atoms with Crippen molar-refractivity contribution in [2.45, 2.75) is 13.5 Å². The van der Waals surface area contributed by atoms with E-state index in [1.807, 2.05) is 12.3 Å². The average Bonchev–Trinajstić information content (AvgIpc) is 3.05. The Morgan fingerprint density at radius 2 is 2.15 bits per heavy atom. The summed E-state index contributed by atoms with van der Waals surface area (Å²) in [4.78, 5) is 4.32. The van der Waals surface area contributed by atoms with E-state index in [1.54, 1.807) is 18.2 Å². The number of aromatic nitrogens is 4. The standard InChI is InChI=1S/C13H11FN4OS/c1-8-7-20-13(15-8)18-12(11(6-19)16-17-18)9-4-2-3-5-10(9)14/h2-5,7,19H,6H2,1H3. The predicted octanol–water partition coefficient (Wildman–Crippen LogP) is 2.33. The Kier molecular flexibility index (Phi) is 3.29. The van der Waals surface area contributed by atoms with Crippen molar-refractivity contribution in [1.82, 2.24) is 20.0 Å². The van der Waals surface area contributed by atoms with E-state index in [9.17, 15) is 9.50 Å². The summed E-state index contributed by atoms with van der Waals surface area (Å²) in [5, 5.41) is 19.7. The molecule has 1 N–H and O–H groups in total. The molecule has 0 saturated carbocycles. The van der Waals surface area contributed by atoms with Crippen LogP contribution in [-0.2, 0) is 6.61 Å². The van der Waals surface area contributed by atoms with E-state index in [1.165, 1.54) is 22.1 Å². The molecular weight excluding hydrogens is 279 g/mol.